The highest BCUT2D eigenvalue weighted by molar-refractivity contribution is 9.10. The van der Waals surface area contributed by atoms with Crippen LogP contribution in [0, 0.1) is 20.8 Å². The molecule has 2 aromatic heterocycles. The summed E-state index contributed by atoms with van der Waals surface area (Å²) in [5.41, 5.74) is 6.83. The Morgan fingerprint density at radius 2 is 1.94 bits per heavy atom. The number of nitrogens with zero attached hydrogens (tertiary/aromatic N) is 4. The summed E-state index contributed by atoms with van der Waals surface area (Å²) in [6.07, 6.45) is 8.63. The average molecular weight is 523 g/mol. The van der Waals surface area contributed by atoms with E-state index in [9.17, 15) is 5.11 Å². The number of unbranched alkanes of at least 4 members (excludes halogenated alkanes) is 2. The van der Waals surface area contributed by atoms with Gasteiger partial charge < -0.3 is 19.1 Å². The molecule has 0 aliphatic rings. The van der Waals surface area contributed by atoms with E-state index in [1.165, 1.54) is 0 Å². The van der Waals surface area contributed by atoms with E-state index in [0.29, 0.717) is 6.42 Å². The monoisotopic (exact) mass is 522 g/mol. The van der Waals surface area contributed by atoms with Crippen LogP contribution in [0.5, 0.6) is 0 Å². The molecule has 4 aromatic rings. The van der Waals surface area contributed by atoms with Crippen molar-refractivity contribution in [3.8, 4) is 16.8 Å². The number of hydrogen-bond donors (Lipinski definition) is 1. The predicted molar refractivity (Wildman–Crippen MR) is 140 cm³/mol. The van der Waals surface area contributed by atoms with Crippen LogP contribution in [0.3, 0.4) is 0 Å². The Kier molecular flexibility index (Phi) is 7.54. The summed E-state index contributed by atoms with van der Waals surface area (Å²) in [6, 6.07) is 12.5. The molecule has 0 amide bonds. The Hall–Kier alpha value is -2.90. The number of imidazole rings is 1. The predicted octanol–water partition coefficient (Wildman–Crippen LogP) is 7.25. The van der Waals surface area contributed by atoms with E-state index >= 15 is 0 Å². The molecule has 1 unspecified atom stereocenters. The van der Waals surface area contributed by atoms with Gasteiger partial charge in [-0.15, -0.1) is 0 Å². The number of hydrogen-bond acceptors (Lipinski definition) is 5. The van der Waals surface area contributed by atoms with Crippen molar-refractivity contribution in [1.82, 2.24) is 14.7 Å². The highest BCUT2D eigenvalue weighted by Crippen LogP contribution is 2.38. The second-order valence-electron chi connectivity index (χ2n) is 8.65. The summed E-state index contributed by atoms with van der Waals surface area (Å²) in [4.78, 5) is 6.19. The summed E-state index contributed by atoms with van der Waals surface area (Å²) in [6.45, 7) is 8.13. The molecule has 0 fully saturated rings. The van der Waals surface area contributed by atoms with Crippen LogP contribution in [0.4, 0.5) is 11.4 Å². The second kappa shape index (κ2) is 10.6. The third-order valence-corrected chi connectivity index (χ3v) is 6.78. The molecular weight excluding hydrogens is 492 g/mol. The first-order chi connectivity index (χ1) is 16.4. The molecule has 2 aromatic carbocycles. The topological polar surface area (TPSA) is 67.3 Å². The quantitative estimate of drug-likeness (QED) is 0.185. The van der Waals surface area contributed by atoms with Crippen molar-refractivity contribution in [1.29, 1.82) is 0 Å². The largest absolute Gasteiger partial charge is 0.373 e. The Balaban J connectivity index is 1.80. The van der Waals surface area contributed by atoms with E-state index in [0.717, 1.165) is 68.9 Å². The van der Waals surface area contributed by atoms with Crippen LogP contribution in [0.1, 0.15) is 49.6 Å². The van der Waals surface area contributed by atoms with E-state index in [1.54, 1.807) is 12.5 Å². The maximum atomic E-state index is 11.4. The van der Waals surface area contributed by atoms with Gasteiger partial charge in [-0.05, 0) is 84.9 Å². The highest BCUT2D eigenvalue weighted by Gasteiger charge is 2.23. The molecule has 0 aliphatic carbocycles. The number of rotatable bonds is 9. The van der Waals surface area contributed by atoms with Gasteiger partial charge in [-0.3, -0.25) is 0 Å². The Bertz CT molecular complexity index is 1230. The number of benzene rings is 2. The Morgan fingerprint density at radius 3 is 2.59 bits per heavy atom. The number of aryl methyl sites for hydroxylation is 3. The third kappa shape index (κ3) is 4.95. The number of halogens is 1. The molecule has 1 N–H and O–H groups in total. The summed E-state index contributed by atoms with van der Waals surface area (Å²) >= 11 is 3.73. The van der Waals surface area contributed by atoms with Crippen LogP contribution >= 0.6 is 15.9 Å². The van der Waals surface area contributed by atoms with Crippen molar-refractivity contribution in [2.45, 2.75) is 59.6 Å². The first-order valence-corrected chi connectivity index (χ1v) is 12.5. The number of aliphatic hydroxyl groups is 1. The summed E-state index contributed by atoms with van der Waals surface area (Å²) < 4.78 is 8.30. The minimum absolute atomic E-state index is 0.656. The van der Waals surface area contributed by atoms with Gasteiger partial charge in [0, 0.05) is 33.8 Å². The molecule has 4 rings (SSSR count). The molecule has 178 valence electrons. The fourth-order valence-electron chi connectivity index (χ4n) is 4.35. The van der Waals surface area contributed by atoms with Crippen LogP contribution in [-0.4, -0.2) is 26.0 Å². The highest BCUT2D eigenvalue weighted by atomic mass is 79.9. The minimum Gasteiger partial charge on any atom is -0.373 e. The van der Waals surface area contributed by atoms with Crippen LogP contribution in [-0.2, 0) is 0 Å². The van der Waals surface area contributed by atoms with Gasteiger partial charge in [-0.1, -0.05) is 37.1 Å². The van der Waals surface area contributed by atoms with Crippen molar-refractivity contribution >= 4 is 27.3 Å². The first-order valence-electron chi connectivity index (χ1n) is 11.7. The zero-order valence-electron chi connectivity index (χ0n) is 20.1. The lowest BCUT2D eigenvalue weighted by atomic mass is 10.00. The maximum Gasteiger partial charge on any atom is 0.141 e. The normalized spacial score (nSPS) is 12.2. The van der Waals surface area contributed by atoms with Gasteiger partial charge >= 0.3 is 0 Å². The van der Waals surface area contributed by atoms with Gasteiger partial charge in [0.25, 0.3) is 0 Å². The van der Waals surface area contributed by atoms with Crippen LogP contribution < -0.4 is 4.90 Å². The maximum absolute atomic E-state index is 11.4. The van der Waals surface area contributed by atoms with Crippen LogP contribution in [0.2, 0.25) is 0 Å². The summed E-state index contributed by atoms with van der Waals surface area (Å²) in [5, 5.41) is 15.5. The SMILES string of the molecule is CCCCCC(O)N(c1ccc(-n2ccnc2)c(Br)c1)c1cc(-c2c(C)noc2C)ccc1C. The van der Waals surface area contributed by atoms with E-state index in [-0.39, 0.29) is 0 Å². The van der Waals surface area contributed by atoms with Gasteiger partial charge in [0.2, 0.25) is 0 Å². The minimum atomic E-state index is -0.656. The van der Waals surface area contributed by atoms with Gasteiger partial charge in [0.05, 0.1) is 17.7 Å². The summed E-state index contributed by atoms with van der Waals surface area (Å²) in [7, 11) is 0. The Morgan fingerprint density at radius 1 is 1.12 bits per heavy atom. The average Bonchev–Trinajstić information content (AvgIpc) is 3.46. The fraction of sp³-hybridized carbons (Fsp3) is 0.333. The molecule has 0 saturated carbocycles. The number of aliphatic hydroxyl groups excluding tert-OH is 1. The molecule has 6 nitrogen and oxygen atoms in total. The number of anilines is 2. The zero-order valence-corrected chi connectivity index (χ0v) is 21.7. The van der Waals surface area contributed by atoms with Gasteiger partial charge in [0.1, 0.15) is 12.0 Å². The van der Waals surface area contributed by atoms with E-state index in [4.69, 9.17) is 4.52 Å². The van der Waals surface area contributed by atoms with Crippen LogP contribution in [0.25, 0.3) is 16.8 Å². The Labute approximate surface area is 209 Å². The molecule has 0 radical (unpaired) electrons. The standard InChI is InChI=1S/C27H31BrN4O2/c1-5-6-7-8-26(33)32(22-11-12-24(23(28)16-22)31-14-13-29-17-31)25-15-21(10-9-18(25)2)27-19(3)30-34-20(27)4/h9-17,26,33H,5-8H2,1-4H3. The lowest BCUT2D eigenvalue weighted by Gasteiger charge is -2.32. The molecule has 0 aliphatic heterocycles. The molecule has 1 atom stereocenters. The molecule has 2 heterocycles. The summed E-state index contributed by atoms with van der Waals surface area (Å²) in [5.74, 6) is 0.787. The lowest BCUT2D eigenvalue weighted by Crippen LogP contribution is -2.31. The van der Waals surface area contributed by atoms with Gasteiger partial charge in [-0.2, -0.15) is 0 Å². The van der Waals surface area contributed by atoms with Crippen molar-refractivity contribution < 1.29 is 9.63 Å². The third-order valence-electron chi connectivity index (χ3n) is 6.15. The molecule has 0 saturated heterocycles. The van der Waals surface area contributed by atoms with Gasteiger partial charge in [0.15, 0.2) is 0 Å². The van der Waals surface area contributed by atoms with Crippen LogP contribution in [0.15, 0.2) is 64.1 Å². The van der Waals surface area contributed by atoms with E-state index in [2.05, 4.69) is 64.2 Å². The zero-order chi connectivity index (χ0) is 24.2. The molecule has 0 spiro atoms. The lowest BCUT2D eigenvalue weighted by molar-refractivity contribution is 0.167. The van der Waals surface area contributed by atoms with Crippen molar-refractivity contribution in [3.63, 3.8) is 0 Å². The second-order valence-corrected chi connectivity index (χ2v) is 9.51. The first kappa shape index (κ1) is 24.2. The number of aromatic nitrogens is 3. The fourth-order valence-corrected chi connectivity index (χ4v) is 4.93. The molecule has 7 heteroatoms. The molecule has 34 heavy (non-hydrogen) atoms. The van der Waals surface area contributed by atoms with Crippen molar-refractivity contribution in [2.75, 3.05) is 4.90 Å². The van der Waals surface area contributed by atoms with E-state index in [1.807, 2.05) is 41.6 Å². The van der Waals surface area contributed by atoms with Crippen molar-refractivity contribution in [2.24, 2.45) is 0 Å². The smallest absolute Gasteiger partial charge is 0.141 e. The molecule has 0 bridgehead atoms. The van der Waals surface area contributed by atoms with Gasteiger partial charge in [-0.25, -0.2) is 4.98 Å². The molecular formula is C27H31BrN4O2. The van der Waals surface area contributed by atoms with Crippen molar-refractivity contribution in [3.05, 3.63) is 76.6 Å². The van der Waals surface area contributed by atoms with E-state index < -0.39 is 6.23 Å².